The van der Waals surface area contributed by atoms with E-state index in [0.29, 0.717) is 11.6 Å². The van der Waals surface area contributed by atoms with Gasteiger partial charge >= 0.3 is 0 Å². The van der Waals surface area contributed by atoms with E-state index in [2.05, 4.69) is 50.2 Å². The predicted molar refractivity (Wildman–Crippen MR) is 127 cm³/mol. The smallest absolute Gasteiger partial charge is 0.119 e. The number of hydrogen-bond acceptors (Lipinski definition) is 1. The zero-order chi connectivity index (χ0) is 20.9. The van der Waals surface area contributed by atoms with Crippen molar-refractivity contribution in [2.75, 3.05) is 0 Å². The van der Waals surface area contributed by atoms with E-state index in [1.54, 1.807) is 0 Å². The van der Waals surface area contributed by atoms with E-state index >= 15 is 0 Å². The average molecular weight is 415 g/mol. The molecule has 0 aliphatic heterocycles. The minimum Gasteiger partial charge on any atom is -0.508 e. The normalized spacial score (nSPS) is 12.2. The molecule has 0 bridgehead atoms. The number of phenolic OH excluding ortho intramolecular Hbond substituents is 1. The van der Waals surface area contributed by atoms with Crippen molar-refractivity contribution < 1.29 is 5.11 Å². The van der Waals surface area contributed by atoms with Crippen molar-refractivity contribution >= 4 is 11.6 Å². The zero-order valence-corrected chi connectivity index (χ0v) is 19.2. The fourth-order valence-corrected chi connectivity index (χ4v) is 4.18. The first-order chi connectivity index (χ1) is 14.2. The second-order valence-electron chi connectivity index (χ2n) is 8.42. The fourth-order valence-electron chi connectivity index (χ4n) is 4.00. The highest BCUT2D eigenvalue weighted by molar-refractivity contribution is 6.17. The van der Waals surface area contributed by atoms with E-state index in [-0.39, 0.29) is 5.92 Å². The van der Waals surface area contributed by atoms with Gasteiger partial charge in [-0.25, -0.2) is 0 Å². The first-order valence-electron chi connectivity index (χ1n) is 11.6. The Labute approximate surface area is 183 Å². The van der Waals surface area contributed by atoms with Crippen LogP contribution in [-0.4, -0.2) is 5.11 Å². The number of hydrogen-bond donors (Lipinski definition) is 1. The Balaban J connectivity index is 1.76. The van der Waals surface area contributed by atoms with Gasteiger partial charge in [-0.2, -0.15) is 0 Å². The quantitative estimate of drug-likeness (QED) is 0.242. The number of aromatic hydroxyl groups is 1. The molecule has 0 spiro atoms. The minimum absolute atomic E-state index is 0.173. The van der Waals surface area contributed by atoms with Crippen LogP contribution in [0.3, 0.4) is 0 Å². The van der Waals surface area contributed by atoms with Gasteiger partial charge in [0.25, 0.3) is 0 Å². The molecule has 0 saturated carbocycles. The van der Waals surface area contributed by atoms with E-state index in [4.69, 9.17) is 11.6 Å². The highest BCUT2D eigenvalue weighted by atomic mass is 35.5. The standard InChI is InChI=1S/C27H39ClO/c1-3-4-5-6-7-8-9-10-11-12-13-23-16-19-27(29)26(20-23)22(2)25-17-14-24(21-28)15-18-25/h14-20,22,29H,3-13,21H2,1-2H3. The number of unbranched alkanes of at least 4 members (excludes halogenated alkanes) is 9. The number of halogens is 1. The van der Waals surface area contributed by atoms with Gasteiger partial charge < -0.3 is 5.11 Å². The van der Waals surface area contributed by atoms with Gasteiger partial charge in [-0.1, -0.05) is 108 Å². The molecule has 0 saturated heterocycles. The molecule has 0 aromatic heterocycles. The van der Waals surface area contributed by atoms with Gasteiger partial charge in [0.05, 0.1) is 0 Å². The second-order valence-corrected chi connectivity index (χ2v) is 8.69. The third kappa shape index (κ3) is 8.42. The SMILES string of the molecule is CCCCCCCCCCCCc1ccc(O)c(C(C)c2ccc(CCl)cc2)c1. The molecule has 0 heterocycles. The second kappa shape index (κ2) is 13.7. The van der Waals surface area contributed by atoms with Gasteiger partial charge in [-0.15, -0.1) is 11.6 Å². The van der Waals surface area contributed by atoms with Crippen LogP contribution in [0.25, 0.3) is 0 Å². The van der Waals surface area contributed by atoms with Crippen LogP contribution in [0.5, 0.6) is 5.75 Å². The molecule has 29 heavy (non-hydrogen) atoms. The highest BCUT2D eigenvalue weighted by Gasteiger charge is 2.13. The maximum absolute atomic E-state index is 10.4. The summed E-state index contributed by atoms with van der Waals surface area (Å²) in [7, 11) is 0. The molecule has 0 radical (unpaired) electrons. The first-order valence-corrected chi connectivity index (χ1v) is 12.2. The lowest BCUT2D eigenvalue weighted by Crippen LogP contribution is -1.99. The maximum Gasteiger partial charge on any atom is 0.119 e. The lowest BCUT2D eigenvalue weighted by atomic mass is 9.90. The predicted octanol–water partition coefficient (Wildman–Crippen LogP) is 8.75. The van der Waals surface area contributed by atoms with Crippen LogP contribution in [0.2, 0.25) is 0 Å². The summed E-state index contributed by atoms with van der Waals surface area (Å²) in [5, 5.41) is 10.4. The molecular weight excluding hydrogens is 376 g/mol. The van der Waals surface area contributed by atoms with Crippen LogP contribution in [0.15, 0.2) is 42.5 Å². The Morgan fingerprint density at radius 1 is 0.759 bits per heavy atom. The average Bonchev–Trinajstić information content (AvgIpc) is 2.75. The van der Waals surface area contributed by atoms with E-state index in [1.807, 2.05) is 6.07 Å². The lowest BCUT2D eigenvalue weighted by Gasteiger charge is -2.16. The van der Waals surface area contributed by atoms with Crippen LogP contribution >= 0.6 is 11.6 Å². The Morgan fingerprint density at radius 2 is 1.31 bits per heavy atom. The summed E-state index contributed by atoms with van der Waals surface area (Å²) in [5.41, 5.74) is 4.70. The molecule has 1 N–H and O–H groups in total. The number of phenols is 1. The molecule has 1 unspecified atom stereocenters. The Kier molecular flexibility index (Phi) is 11.2. The zero-order valence-electron chi connectivity index (χ0n) is 18.4. The summed E-state index contributed by atoms with van der Waals surface area (Å²) in [6, 6.07) is 14.5. The van der Waals surface area contributed by atoms with Crippen molar-refractivity contribution in [3.63, 3.8) is 0 Å². The summed E-state index contributed by atoms with van der Waals surface area (Å²) in [6.07, 6.45) is 14.7. The largest absolute Gasteiger partial charge is 0.508 e. The van der Waals surface area contributed by atoms with Crippen LogP contribution in [0.1, 0.15) is 106 Å². The third-order valence-corrected chi connectivity index (χ3v) is 6.32. The molecule has 2 aromatic carbocycles. The Bertz CT molecular complexity index is 692. The van der Waals surface area contributed by atoms with Crippen molar-refractivity contribution in [1.29, 1.82) is 0 Å². The number of benzene rings is 2. The molecular formula is C27H39ClO. The third-order valence-electron chi connectivity index (χ3n) is 6.01. The molecule has 2 heteroatoms. The summed E-state index contributed by atoms with van der Waals surface area (Å²) in [4.78, 5) is 0. The molecule has 2 aromatic rings. The van der Waals surface area contributed by atoms with Gasteiger partial charge in [0, 0.05) is 17.4 Å². The molecule has 0 aliphatic carbocycles. The fraction of sp³-hybridized carbons (Fsp3) is 0.556. The van der Waals surface area contributed by atoms with E-state index in [0.717, 1.165) is 17.5 Å². The summed E-state index contributed by atoms with van der Waals surface area (Å²) in [5.74, 6) is 1.10. The summed E-state index contributed by atoms with van der Waals surface area (Å²) in [6.45, 7) is 4.44. The van der Waals surface area contributed by atoms with Crippen LogP contribution < -0.4 is 0 Å². The molecule has 1 atom stereocenters. The molecule has 0 fully saturated rings. The lowest BCUT2D eigenvalue weighted by molar-refractivity contribution is 0.465. The highest BCUT2D eigenvalue weighted by Crippen LogP contribution is 2.32. The summed E-state index contributed by atoms with van der Waals surface area (Å²) >= 11 is 5.90. The van der Waals surface area contributed by atoms with Gasteiger partial charge in [0.2, 0.25) is 0 Å². The van der Waals surface area contributed by atoms with Crippen LogP contribution in [-0.2, 0) is 12.3 Å². The number of alkyl halides is 1. The van der Waals surface area contributed by atoms with Gasteiger partial charge in [0.15, 0.2) is 0 Å². The van der Waals surface area contributed by atoms with Gasteiger partial charge in [-0.05, 0) is 35.6 Å². The van der Waals surface area contributed by atoms with Crippen molar-refractivity contribution in [3.8, 4) is 5.75 Å². The molecule has 0 aliphatic rings. The van der Waals surface area contributed by atoms with Crippen molar-refractivity contribution in [1.82, 2.24) is 0 Å². The van der Waals surface area contributed by atoms with E-state index in [9.17, 15) is 5.11 Å². The van der Waals surface area contributed by atoms with Crippen molar-refractivity contribution in [3.05, 3.63) is 64.7 Å². The molecule has 160 valence electrons. The number of rotatable bonds is 14. The topological polar surface area (TPSA) is 20.2 Å². The van der Waals surface area contributed by atoms with E-state index < -0.39 is 0 Å². The molecule has 0 amide bonds. The van der Waals surface area contributed by atoms with Crippen molar-refractivity contribution in [2.24, 2.45) is 0 Å². The molecule has 2 rings (SSSR count). The Morgan fingerprint density at radius 3 is 1.90 bits per heavy atom. The first kappa shape index (κ1) is 23.8. The maximum atomic E-state index is 10.4. The van der Waals surface area contributed by atoms with Gasteiger partial charge in [-0.3, -0.25) is 0 Å². The van der Waals surface area contributed by atoms with Crippen LogP contribution in [0, 0.1) is 0 Å². The summed E-state index contributed by atoms with van der Waals surface area (Å²) < 4.78 is 0. The number of aryl methyl sites for hydroxylation is 1. The van der Waals surface area contributed by atoms with Crippen LogP contribution in [0.4, 0.5) is 0 Å². The Hall–Kier alpha value is -1.47. The van der Waals surface area contributed by atoms with Gasteiger partial charge in [0.1, 0.15) is 5.75 Å². The van der Waals surface area contributed by atoms with E-state index in [1.165, 1.54) is 75.3 Å². The monoisotopic (exact) mass is 414 g/mol. The minimum atomic E-state index is 0.173. The molecule has 1 nitrogen and oxygen atoms in total. The van der Waals surface area contributed by atoms with Crippen molar-refractivity contribution in [2.45, 2.75) is 96.3 Å².